The summed E-state index contributed by atoms with van der Waals surface area (Å²) in [6, 6.07) is 27.2. The predicted octanol–water partition coefficient (Wildman–Crippen LogP) is 5.25. The number of hydrogen-bond donors (Lipinski definition) is 0. The van der Waals surface area contributed by atoms with Crippen LogP contribution in [0.2, 0.25) is 0 Å². The van der Waals surface area contributed by atoms with E-state index in [1.165, 1.54) is 11.0 Å². The van der Waals surface area contributed by atoms with Crippen LogP contribution in [0.25, 0.3) is 22.4 Å². The largest absolute Gasteiger partial charge is 0.255 e. The van der Waals surface area contributed by atoms with Gasteiger partial charge in [-0.05, 0) is 42.5 Å². The number of halogens is 2. The second-order valence-corrected chi connectivity index (χ2v) is 6.08. The van der Waals surface area contributed by atoms with Gasteiger partial charge in [0.15, 0.2) is 11.0 Å². The van der Waals surface area contributed by atoms with Crippen molar-refractivity contribution in [2.75, 3.05) is 0 Å². The van der Waals surface area contributed by atoms with Gasteiger partial charge in [-0.15, -0.1) is 17.0 Å². The first-order chi connectivity index (χ1) is 10.8. The van der Waals surface area contributed by atoms with Crippen molar-refractivity contribution in [2.45, 2.75) is 0 Å². The zero-order valence-electron chi connectivity index (χ0n) is 12.3. The molecule has 0 spiro atoms. The third-order valence-corrected chi connectivity index (χ3v) is 4.25. The Morgan fingerprint density at radius 3 is 2.30 bits per heavy atom. The summed E-state index contributed by atoms with van der Waals surface area (Å²) in [6.45, 7) is 0. The Bertz CT molecular complexity index is 946. The molecule has 0 N–H and O–H groups in total. The van der Waals surface area contributed by atoms with Gasteiger partial charge in [-0.1, -0.05) is 52.3 Å². The minimum atomic E-state index is 0. The Labute approximate surface area is 153 Å². The number of para-hydroxylation sites is 3. The summed E-state index contributed by atoms with van der Waals surface area (Å²) in [7, 11) is 0. The van der Waals surface area contributed by atoms with Crippen LogP contribution in [0.1, 0.15) is 0 Å². The smallest absolute Gasteiger partial charge is 0.195 e. The van der Waals surface area contributed by atoms with Crippen LogP contribution in [0.15, 0.2) is 89.7 Å². The monoisotopic (exact) mass is 429 g/mol. The molecule has 1 heterocycles. The normalized spacial score (nSPS) is 10.5. The highest BCUT2D eigenvalue weighted by Gasteiger charge is 2.18. The molecule has 2 nitrogen and oxygen atoms in total. The molecule has 0 fully saturated rings. The van der Waals surface area contributed by atoms with Crippen LogP contribution in [0.3, 0.4) is 0 Å². The van der Waals surface area contributed by atoms with Crippen LogP contribution in [0.5, 0.6) is 0 Å². The lowest BCUT2D eigenvalue weighted by Crippen LogP contribution is -2.28. The molecule has 23 heavy (non-hydrogen) atoms. The Morgan fingerprint density at radius 1 is 0.783 bits per heavy atom. The number of nitrogens with zero attached hydrogens (tertiary/aromatic N) is 2. The third kappa shape index (κ3) is 2.96. The van der Waals surface area contributed by atoms with Gasteiger partial charge in [-0.3, -0.25) is 0 Å². The van der Waals surface area contributed by atoms with Gasteiger partial charge in [-0.25, -0.2) is 0 Å². The molecule has 0 unspecified atom stereocenters. The first-order valence-corrected chi connectivity index (χ1v) is 7.95. The summed E-state index contributed by atoms with van der Waals surface area (Å²) in [5.41, 5.74) is 4.67. The van der Waals surface area contributed by atoms with Crippen molar-refractivity contribution in [1.29, 1.82) is 0 Å². The van der Waals surface area contributed by atoms with E-state index in [-0.39, 0.29) is 17.0 Å². The van der Waals surface area contributed by atoms with Gasteiger partial charge >= 0.3 is 0 Å². The minimum absolute atomic E-state index is 0. The van der Waals surface area contributed by atoms with E-state index in [0.717, 1.165) is 15.8 Å². The molecule has 0 aliphatic carbocycles. The fourth-order valence-electron chi connectivity index (χ4n) is 2.74. The zero-order valence-corrected chi connectivity index (χ0v) is 15.6. The fraction of sp³-hybridized carbons (Fsp3) is 0. The molecule has 1 aromatic heterocycles. The van der Waals surface area contributed by atoms with Crippen LogP contribution in [-0.2, 0) is 0 Å². The van der Waals surface area contributed by atoms with Crippen molar-refractivity contribution < 1.29 is 4.57 Å². The summed E-state index contributed by atoms with van der Waals surface area (Å²) in [5, 5.41) is 0. The van der Waals surface area contributed by atoms with Gasteiger partial charge in [0.25, 0.3) is 6.33 Å². The molecule has 0 atom stereocenters. The molecule has 0 amide bonds. The molecule has 4 aromatic rings. The number of benzene rings is 3. The van der Waals surface area contributed by atoms with E-state index in [0.29, 0.717) is 0 Å². The van der Waals surface area contributed by atoms with Crippen molar-refractivity contribution in [2.24, 2.45) is 0 Å². The number of hydrogen-bond acceptors (Lipinski definition) is 0. The molecule has 3 aromatic carbocycles. The molecule has 4 rings (SSSR count). The Morgan fingerprint density at radius 2 is 1.52 bits per heavy atom. The van der Waals surface area contributed by atoms with Gasteiger partial charge in [0, 0.05) is 4.47 Å². The molecular formula is C19H15Br2N2+. The van der Waals surface area contributed by atoms with E-state index in [2.05, 4.69) is 98.1 Å². The van der Waals surface area contributed by atoms with Crippen LogP contribution in [0, 0.1) is 0 Å². The summed E-state index contributed by atoms with van der Waals surface area (Å²) >= 11 is 3.56. The van der Waals surface area contributed by atoms with Crippen molar-refractivity contribution >= 4 is 43.9 Å². The van der Waals surface area contributed by atoms with Crippen LogP contribution in [-0.4, -0.2) is 4.57 Å². The maximum absolute atomic E-state index is 3.56. The van der Waals surface area contributed by atoms with E-state index in [1.807, 2.05) is 12.1 Å². The summed E-state index contributed by atoms with van der Waals surface area (Å²) in [6.07, 6.45) is 2.14. The van der Waals surface area contributed by atoms with Crippen molar-refractivity contribution in [3.05, 3.63) is 89.7 Å². The van der Waals surface area contributed by atoms with E-state index in [4.69, 9.17) is 0 Å². The lowest BCUT2D eigenvalue weighted by atomic mass is 10.2. The standard InChI is InChI=1S/C19H14BrN2.BrH/c20-15-7-6-10-17(13-15)22-14-21(16-8-2-1-3-9-16)18-11-4-5-12-19(18)22;/h1-14H;1H/q+1;. The maximum Gasteiger partial charge on any atom is 0.255 e. The number of fused-ring (bicyclic) bond motifs is 1. The molecular weight excluding hydrogens is 416 g/mol. The maximum atomic E-state index is 3.56. The molecule has 0 saturated carbocycles. The second kappa shape index (κ2) is 6.69. The number of rotatable bonds is 2. The molecule has 0 saturated heterocycles. The highest BCUT2D eigenvalue weighted by Crippen LogP contribution is 2.21. The highest BCUT2D eigenvalue weighted by atomic mass is 79.9. The molecule has 114 valence electrons. The lowest BCUT2D eigenvalue weighted by Gasteiger charge is -1.97. The fourth-order valence-corrected chi connectivity index (χ4v) is 3.12. The SMILES string of the molecule is Br.Brc1cccc(-n2c[n+](-c3ccccc3)c3ccccc32)c1. The average Bonchev–Trinajstić information content (AvgIpc) is 2.95. The molecule has 0 aliphatic rings. The molecule has 0 bridgehead atoms. The van der Waals surface area contributed by atoms with E-state index in [9.17, 15) is 0 Å². The van der Waals surface area contributed by atoms with Gasteiger partial charge in [0.1, 0.15) is 11.4 Å². The number of imidazole rings is 1. The first-order valence-electron chi connectivity index (χ1n) is 7.16. The third-order valence-electron chi connectivity index (χ3n) is 3.75. The summed E-state index contributed by atoms with van der Waals surface area (Å²) in [4.78, 5) is 0. The van der Waals surface area contributed by atoms with Crippen LogP contribution in [0.4, 0.5) is 0 Å². The number of aromatic nitrogens is 2. The predicted molar refractivity (Wildman–Crippen MR) is 103 cm³/mol. The van der Waals surface area contributed by atoms with E-state index < -0.39 is 0 Å². The Kier molecular flexibility index (Phi) is 4.64. The molecule has 4 heteroatoms. The van der Waals surface area contributed by atoms with E-state index >= 15 is 0 Å². The topological polar surface area (TPSA) is 8.81 Å². The van der Waals surface area contributed by atoms with Crippen LogP contribution < -0.4 is 4.57 Å². The minimum Gasteiger partial charge on any atom is -0.195 e. The second-order valence-electron chi connectivity index (χ2n) is 5.16. The van der Waals surface area contributed by atoms with Gasteiger partial charge in [0.2, 0.25) is 0 Å². The lowest BCUT2D eigenvalue weighted by molar-refractivity contribution is -0.567. The summed E-state index contributed by atoms with van der Waals surface area (Å²) < 4.78 is 5.51. The zero-order chi connectivity index (χ0) is 14.9. The first kappa shape index (κ1) is 16.0. The Hall–Kier alpha value is -1.91. The molecule has 0 aliphatic heterocycles. The summed E-state index contributed by atoms with van der Waals surface area (Å²) in [5.74, 6) is 0. The van der Waals surface area contributed by atoms with Crippen molar-refractivity contribution in [3.8, 4) is 11.4 Å². The van der Waals surface area contributed by atoms with Crippen molar-refractivity contribution in [1.82, 2.24) is 4.57 Å². The quantitative estimate of drug-likeness (QED) is 0.384. The Balaban J connectivity index is 0.00000156. The van der Waals surface area contributed by atoms with E-state index in [1.54, 1.807) is 0 Å². The van der Waals surface area contributed by atoms with Gasteiger partial charge < -0.3 is 0 Å². The highest BCUT2D eigenvalue weighted by molar-refractivity contribution is 9.10. The van der Waals surface area contributed by atoms with Gasteiger partial charge in [-0.2, -0.15) is 9.13 Å². The van der Waals surface area contributed by atoms with Gasteiger partial charge in [0.05, 0.1) is 0 Å². The average molecular weight is 431 g/mol. The van der Waals surface area contributed by atoms with Crippen molar-refractivity contribution in [3.63, 3.8) is 0 Å². The van der Waals surface area contributed by atoms with Crippen LogP contribution >= 0.6 is 32.9 Å². The molecule has 0 radical (unpaired) electrons.